The van der Waals surface area contributed by atoms with E-state index < -0.39 is 0 Å². The molecule has 2 rings (SSSR count). The fourth-order valence-corrected chi connectivity index (χ4v) is 1.99. The Morgan fingerprint density at radius 1 is 1.39 bits per heavy atom. The van der Waals surface area contributed by atoms with Crippen molar-refractivity contribution >= 4 is 21.9 Å². The van der Waals surface area contributed by atoms with Crippen LogP contribution in [-0.2, 0) is 0 Å². The quantitative estimate of drug-likeness (QED) is 0.938. The summed E-state index contributed by atoms with van der Waals surface area (Å²) in [6.07, 6.45) is 0. The lowest BCUT2D eigenvalue weighted by Crippen LogP contribution is -2.09. The summed E-state index contributed by atoms with van der Waals surface area (Å²) < 4.78 is 11.1. The molecule has 0 unspecified atom stereocenters. The van der Waals surface area contributed by atoms with Gasteiger partial charge in [-0.05, 0) is 48.0 Å². The number of hydrogen-bond acceptors (Lipinski definition) is 5. The van der Waals surface area contributed by atoms with Crippen LogP contribution in [0.5, 0.6) is 5.75 Å². The van der Waals surface area contributed by atoms with Gasteiger partial charge in [0.2, 0.25) is 5.82 Å². The first-order chi connectivity index (χ1) is 8.60. The van der Waals surface area contributed by atoms with Crippen molar-refractivity contribution in [2.75, 3.05) is 12.4 Å². The predicted molar refractivity (Wildman–Crippen MR) is 72.7 cm³/mol. The first-order valence-electron chi connectivity index (χ1n) is 5.54. The Hall–Kier alpha value is -1.56. The first kappa shape index (κ1) is 12.9. The van der Waals surface area contributed by atoms with Crippen molar-refractivity contribution in [1.82, 2.24) is 10.1 Å². The molecule has 96 valence electrons. The fraction of sp³-hybridized carbons (Fsp3) is 0.333. The van der Waals surface area contributed by atoms with Crippen LogP contribution in [0.15, 0.2) is 27.2 Å². The molecular weight excluding hydrogens is 298 g/mol. The highest BCUT2D eigenvalue weighted by molar-refractivity contribution is 9.10. The second-order valence-electron chi connectivity index (χ2n) is 4.07. The van der Waals surface area contributed by atoms with E-state index in [0.717, 1.165) is 15.8 Å². The number of rotatable bonds is 4. The van der Waals surface area contributed by atoms with Gasteiger partial charge >= 0.3 is 6.01 Å². The Bertz CT molecular complexity index is 540. The Labute approximate surface area is 114 Å². The molecule has 0 aliphatic carbocycles. The number of nitrogens with zero attached hydrogens (tertiary/aromatic N) is 2. The fourth-order valence-electron chi connectivity index (χ4n) is 1.45. The standard InChI is InChI=1S/C12H14BrN3O2/c1-7(2)14-12-15-11(16-18-12)8-4-5-10(17-3)9(13)6-8/h4-7H,1-3H3,(H,14,15,16). The predicted octanol–water partition coefficient (Wildman–Crippen LogP) is 3.33. The van der Waals surface area contributed by atoms with Crippen molar-refractivity contribution in [2.24, 2.45) is 0 Å². The summed E-state index contributed by atoms with van der Waals surface area (Å²) in [7, 11) is 1.62. The molecule has 0 saturated carbocycles. The average molecular weight is 312 g/mol. The van der Waals surface area contributed by atoms with Crippen molar-refractivity contribution in [3.8, 4) is 17.1 Å². The summed E-state index contributed by atoms with van der Waals surface area (Å²) in [5, 5.41) is 6.98. The van der Waals surface area contributed by atoms with Gasteiger partial charge in [0.05, 0.1) is 11.6 Å². The van der Waals surface area contributed by atoms with Crippen LogP contribution >= 0.6 is 15.9 Å². The molecule has 2 aromatic rings. The van der Waals surface area contributed by atoms with E-state index in [1.807, 2.05) is 32.0 Å². The molecule has 0 aliphatic rings. The molecule has 0 fully saturated rings. The molecular formula is C12H14BrN3O2. The van der Waals surface area contributed by atoms with E-state index in [-0.39, 0.29) is 6.04 Å². The van der Waals surface area contributed by atoms with E-state index in [2.05, 4.69) is 31.4 Å². The number of aromatic nitrogens is 2. The topological polar surface area (TPSA) is 60.2 Å². The summed E-state index contributed by atoms with van der Waals surface area (Å²) in [5.74, 6) is 1.31. The first-order valence-corrected chi connectivity index (χ1v) is 6.33. The average Bonchev–Trinajstić information content (AvgIpc) is 2.76. The Balaban J connectivity index is 2.26. The largest absolute Gasteiger partial charge is 0.496 e. The van der Waals surface area contributed by atoms with Crippen molar-refractivity contribution < 1.29 is 9.26 Å². The molecule has 1 heterocycles. The molecule has 6 heteroatoms. The van der Waals surface area contributed by atoms with Gasteiger partial charge in [0.25, 0.3) is 0 Å². The SMILES string of the molecule is COc1ccc(-c2noc(NC(C)C)n2)cc1Br. The number of benzene rings is 1. The number of nitrogens with one attached hydrogen (secondary N) is 1. The van der Waals surface area contributed by atoms with Gasteiger partial charge in [-0.1, -0.05) is 5.16 Å². The molecule has 1 N–H and O–H groups in total. The highest BCUT2D eigenvalue weighted by Gasteiger charge is 2.11. The summed E-state index contributed by atoms with van der Waals surface area (Å²) in [6.45, 7) is 4.02. The van der Waals surface area contributed by atoms with Crippen LogP contribution in [0.25, 0.3) is 11.4 Å². The lowest BCUT2D eigenvalue weighted by atomic mass is 10.2. The molecule has 0 amide bonds. The number of ether oxygens (including phenoxy) is 1. The summed E-state index contributed by atoms with van der Waals surface area (Å²) >= 11 is 3.42. The third kappa shape index (κ3) is 2.81. The number of anilines is 1. The molecule has 0 spiro atoms. The van der Waals surface area contributed by atoms with E-state index in [4.69, 9.17) is 9.26 Å². The zero-order valence-corrected chi connectivity index (χ0v) is 12.0. The van der Waals surface area contributed by atoms with Crippen LogP contribution in [0.2, 0.25) is 0 Å². The van der Waals surface area contributed by atoms with Crippen LogP contribution < -0.4 is 10.1 Å². The minimum absolute atomic E-state index is 0.251. The van der Waals surface area contributed by atoms with Crippen LogP contribution in [0.4, 0.5) is 6.01 Å². The second-order valence-corrected chi connectivity index (χ2v) is 4.93. The summed E-state index contributed by atoms with van der Waals surface area (Å²) in [4.78, 5) is 4.27. The number of methoxy groups -OCH3 is 1. The molecule has 1 aromatic heterocycles. The van der Waals surface area contributed by atoms with Gasteiger partial charge in [-0.2, -0.15) is 4.98 Å². The second kappa shape index (κ2) is 5.39. The van der Waals surface area contributed by atoms with Gasteiger partial charge in [0.1, 0.15) is 5.75 Å². The van der Waals surface area contributed by atoms with Gasteiger partial charge in [-0.15, -0.1) is 0 Å². The zero-order valence-electron chi connectivity index (χ0n) is 10.4. The van der Waals surface area contributed by atoms with Crippen molar-refractivity contribution in [3.05, 3.63) is 22.7 Å². The number of hydrogen-bond donors (Lipinski definition) is 1. The van der Waals surface area contributed by atoms with Crippen LogP contribution in [0.3, 0.4) is 0 Å². The molecule has 0 bridgehead atoms. The minimum Gasteiger partial charge on any atom is -0.496 e. The van der Waals surface area contributed by atoms with Gasteiger partial charge in [0, 0.05) is 11.6 Å². The van der Waals surface area contributed by atoms with E-state index in [9.17, 15) is 0 Å². The molecule has 18 heavy (non-hydrogen) atoms. The van der Waals surface area contributed by atoms with E-state index in [1.165, 1.54) is 0 Å². The maximum Gasteiger partial charge on any atom is 0.321 e. The van der Waals surface area contributed by atoms with Gasteiger partial charge < -0.3 is 14.6 Å². The van der Waals surface area contributed by atoms with E-state index in [0.29, 0.717) is 11.8 Å². The van der Waals surface area contributed by atoms with Gasteiger partial charge in [-0.3, -0.25) is 0 Å². The Kier molecular flexibility index (Phi) is 3.86. The Morgan fingerprint density at radius 3 is 2.78 bits per heavy atom. The van der Waals surface area contributed by atoms with Crippen molar-refractivity contribution in [2.45, 2.75) is 19.9 Å². The molecule has 0 saturated heterocycles. The molecule has 0 atom stereocenters. The summed E-state index contributed by atoms with van der Waals surface area (Å²) in [5.41, 5.74) is 0.864. The lowest BCUT2D eigenvalue weighted by Gasteiger charge is -2.03. The van der Waals surface area contributed by atoms with Gasteiger partial charge in [0.15, 0.2) is 0 Å². The number of halogens is 1. The maximum atomic E-state index is 5.17. The molecule has 5 nitrogen and oxygen atoms in total. The lowest BCUT2D eigenvalue weighted by molar-refractivity contribution is 0.412. The monoisotopic (exact) mass is 311 g/mol. The molecule has 0 radical (unpaired) electrons. The van der Waals surface area contributed by atoms with Crippen LogP contribution in [-0.4, -0.2) is 23.3 Å². The highest BCUT2D eigenvalue weighted by atomic mass is 79.9. The Morgan fingerprint density at radius 2 is 2.17 bits per heavy atom. The van der Waals surface area contributed by atoms with Gasteiger partial charge in [-0.25, -0.2) is 0 Å². The van der Waals surface area contributed by atoms with Crippen LogP contribution in [0, 0.1) is 0 Å². The third-order valence-corrected chi connectivity index (χ3v) is 2.87. The van der Waals surface area contributed by atoms with E-state index in [1.54, 1.807) is 7.11 Å². The maximum absolute atomic E-state index is 5.17. The summed E-state index contributed by atoms with van der Waals surface area (Å²) in [6, 6.07) is 6.30. The molecule has 0 aliphatic heterocycles. The van der Waals surface area contributed by atoms with Crippen LogP contribution in [0.1, 0.15) is 13.8 Å². The minimum atomic E-state index is 0.251. The smallest absolute Gasteiger partial charge is 0.321 e. The molecule has 1 aromatic carbocycles. The van der Waals surface area contributed by atoms with Crippen molar-refractivity contribution in [3.63, 3.8) is 0 Å². The van der Waals surface area contributed by atoms with E-state index >= 15 is 0 Å². The normalized spacial score (nSPS) is 10.7. The van der Waals surface area contributed by atoms with Crippen molar-refractivity contribution in [1.29, 1.82) is 0 Å². The zero-order chi connectivity index (χ0) is 13.1. The highest BCUT2D eigenvalue weighted by Crippen LogP contribution is 2.29. The third-order valence-electron chi connectivity index (χ3n) is 2.25.